The Balaban J connectivity index is 2.52. The molecular formula is C18H20O. The molecule has 98 valence electrons. The maximum Gasteiger partial charge on any atom is 0.0725 e. The highest BCUT2D eigenvalue weighted by atomic mass is 16.5. The highest BCUT2D eigenvalue weighted by Gasteiger charge is 2.03. The molecule has 0 spiro atoms. The van der Waals surface area contributed by atoms with Crippen LogP contribution >= 0.6 is 0 Å². The summed E-state index contributed by atoms with van der Waals surface area (Å²) in [6.45, 7) is 4.87. The lowest BCUT2D eigenvalue weighted by atomic mass is 10.00. The van der Waals surface area contributed by atoms with Crippen LogP contribution in [0, 0.1) is 18.8 Å². The SMILES string of the molecule is CCCC#Cc1cc2cc(C)ccc2cc1COC. The van der Waals surface area contributed by atoms with Crippen molar-refractivity contribution in [3.8, 4) is 11.8 Å². The fourth-order valence-corrected chi connectivity index (χ4v) is 2.14. The molecule has 1 heteroatoms. The average Bonchev–Trinajstić information content (AvgIpc) is 2.40. The summed E-state index contributed by atoms with van der Waals surface area (Å²) in [4.78, 5) is 0. The van der Waals surface area contributed by atoms with E-state index in [2.05, 4.69) is 56.0 Å². The van der Waals surface area contributed by atoms with Gasteiger partial charge in [-0.15, -0.1) is 0 Å². The van der Waals surface area contributed by atoms with E-state index in [-0.39, 0.29) is 0 Å². The van der Waals surface area contributed by atoms with Gasteiger partial charge in [0, 0.05) is 19.1 Å². The summed E-state index contributed by atoms with van der Waals surface area (Å²) in [5, 5.41) is 2.50. The Kier molecular flexibility index (Phi) is 4.60. The molecule has 0 unspecified atom stereocenters. The Bertz CT molecular complexity index is 629. The van der Waals surface area contributed by atoms with Crippen LogP contribution in [0.1, 0.15) is 36.5 Å². The van der Waals surface area contributed by atoms with Crippen molar-refractivity contribution < 1.29 is 4.74 Å². The van der Waals surface area contributed by atoms with E-state index in [0.717, 1.165) is 18.4 Å². The summed E-state index contributed by atoms with van der Waals surface area (Å²) in [5.41, 5.74) is 3.54. The lowest BCUT2D eigenvalue weighted by Crippen LogP contribution is -1.93. The quantitative estimate of drug-likeness (QED) is 0.733. The summed E-state index contributed by atoms with van der Waals surface area (Å²) >= 11 is 0. The Morgan fingerprint density at radius 3 is 2.68 bits per heavy atom. The molecule has 0 aromatic heterocycles. The fourth-order valence-electron chi connectivity index (χ4n) is 2.14. The number of benzene rings is 2. The second kappa shape index (κ2) is 6.41. The first-order valence-electron chi connectivity index (χ1n) is 6.75. The normalized spacial score (nSPS) is 10.3. The predicted octanol–water partition coefficient (Wildman–Crippen LogP) is 4.45. The van der Waals surface area contributed by atoms with Crippen LogP contribution in [-0.2, 0) is 11.3 Å². The van der Waals surface area contributed by atoms with Crippen LogP contribution in [0.3, 0.4) is 0 Å². The zero-order valence-corrected chi connectivity index (χ0v) is 11.9. The van der Waals surface area contributed by atoms with Crippen molar-refractivity contribution in [3.05, 3.63) is 47.0 Å². The molecule has 2 rings (SSSR count). The van der Waals surface area contributed by atoms with E-state index in [1.165, 1.54) is 21.9 Å². The summed E-state index contributed by atoms with van der Waals surface area (Å²) in [5.74, 6) is 6.50. The van der Waals surface area contributed by atoms with Crippen LogP contribution in [0.25, 0.3) is 10.8 Å². The van der Waals surface area contributed by atoms with Crippen LogP contribution in [-0.4, -0.2) is 7.11 Å². The number of fused-ring (bicyclic) bond motifs is 1. The molecule has 0 bridgehead atoms. The Morgan fingerprint density at radius 2 is 1.95 bits per heavy atom. The smallest absolute Gasteiger partial charge is 0.0725 e. The minimum absolute atomic E-state index is 0.611. The van der Waals surface area contributed by atoms with Crippen molar-refractivity contribution in [2.75, 3.05) is 7.11 Å². The summed E-state index contributed by atoms with van der Waals surface area (Å²) < 4.78 is 5.28. The van der Waals surface area contributed by atoms with Crippen LogP contribution in [0.5, 0.6) is 0 Å². The Morgan fingerprint density at radius 1 is 1.11 bits per heavy atom. The lowest BCUT2D eigenvalue weighted by molar-refractivity contribution is 0.185. The minimum Gasteiger partial charge on any atom is -0.380 e. The van der Waals surface area contributed by atoms with Crippen LogP contribution in [0.2, 0.25) is 0 Å². The molecule has 19 heavy (non-hydrogen) atoms. The van der Waals surface area contributed by atoms with Gasteiger partial charge >= 0.3 is 0 Å². The van der Waals surface area contributed by atoms with Gasteiger partial charge in [0.2, 0.25) is 0 Å². The van der Waals surface area contributed by atoms with Crippen LogP contribution < -0.4 is 0 Å². The number of ether oxygens (including phenoxy) is 1. The molecule has 1 nitrogen and oxygen atoms in total. The molecular weight excluding hydrogens is 232 g/mol. The molecule has 0 N–H and O–H groups in total. The van der Waals surface area contributed by atoms with Gasteiger partial charge in [-0.05, 0) is 41.8 Å². The van der Waals surface area contributed by atoms with Gasteiger partial charge in [-0.1, -0.05) is 42.5 Å². The van der Waals surface area contributed by atoms with Gasteiger partial charge in [0.1, 0.15) is 0 Å². The van der Waals surface area contributed by atoms with E-state index in [1.54, 1.807) is 7.11 Å². The van der Waals surface area contributed by atoms with Gasteiger partial charge in [0.25, 0.3) is 0 Å². The maximum atomic E-state index is 5.28. The number of rotatable bonds is 3. The number of methoxy groups -OCH3 is 1. The molecule has 2 aromatic rings. The monoisotopic (exact) mass is 252 g/mol. The third kappa shape index (κ3) is 3.36. The van der Waals surface area contributed by atoms with Gasteiger partial charge < -0.3 is 4.74 Å². The molecule has 0 heterocycles. The predicted molar refractivity (Wildman–Crippen MR) is 81.2 cm³/mol. The third-order valence-corrected chi connectivity index (χ3v) is 3.12. The van der Waals surface area contributed by atoms with Gasteiger partial charge in [-0.25, -0.2) is 0 Å². The van der Waals surface area contributed by atoms with Crippen molar-refractivity contribution >= 4 is 10.8 Å². The summed E-state index contributed by atoms with van der Waals surface area (Å²) in [6.07, 6.45) is 2.04. The van der Waals surface area contributed by atoms with E-state index in [1.807, 2.05) is 0 Å². The number of hydrogen-bond acceptors (Lipinski definition) is 1. The summed E-state index contributed by atoms with van der Waals surface area (Å²) in [6, 6.07) is 10.9. The molecule has 0 aliphatic carbocycles. The Labute approximate surface area is 115 Å². The molecule has 2 aromatic carbocycles. The van der Waals surface area contributed by atoms with E-state index < -0.39 is 0 Å². The highest BCUT2D eigenvalue weighted by molar-refractivity contribution is 5.85. The van der Waals surface area contributed by atoms with Crippen LogP contribution in [0.15, 0.2) is 30.3 Å². The molecule has 0 saturated carbocycles. The summed E-state index contributed by atoms with van der Waals surface area (Å²) in [7, 11) is 1.72. The molecule has 0 aliphatic heterocycles. The van der Waals surface area contributed by atoms with Crippen molar-refractivity contribution in [3.63, 3.8) is 0 Å². The second-order valence-corrected chi connectivity index (χ2v) is 4.84. The Hall–Kier alpha value is -1.78. The average molecular weight is 252 g/mol. The van der Waals surface area contributed by atoms with Crippen molar-refractivity contribution in [1.29, 1.82) is 0 Å². The lowest BCUT2D eigenvalue weighted by Gasteiger charge is -2.07. The molecule has 0 atom stereocenters. The van der Waals surface area contributed by atoms with E-state index in [4.69, 9.17) is 4.74 Å². The van der Waals surface area contributed by atoms with Gasteiger partial charge in [0.05, 0.1) is 6.61 Å². The molecule has 0 aliphatic rings. The number of unbranched alkanes of at least 4 members (excludes halogenated alkanes) is 1. The molecule has 0 amide bonds. The molecule has 0 fully saturated rings. The van der Waals surface area contributed by atoms with Crippen LogP contribution in [0.4, 0.5) is 0 Å². The molecule has 0 radical (unpaired) electrons. The topological polar surface area (TPSA) is 9.23 Å². The van der Waals surface area contributed by atoms with Crippen molar-refractivity contribution in [2.45, 2.75) is 33.3 Å². The minimum atomic E-state index is 0.611. The second-order valence-electron chi connectivity index (χ2n) is 4.84. The van der Waals surface area contributed by atoms with Crippen molar-refractivity contribution in [2.24, 2.45) is 0 Å². The largest absolute Gasteiger partial charge is 0.380 e. The zero-order valence-electron chi connectivity index (χ0n) is 11.9. The van der Waals surface area contributed by atoms with E-state index in [0.29, 0.717) is 6.61 Å². The number of aryl methyl sites for hydroxylation is 1. The first-order valence-corrected chi connectivity index (χ1v) is 6.75. The van der Waals surface area contributed by atoms with Gasteiger partial charge in [0.15, 0.2) is 0 Å². The third-order valence-electron chi connectivity index (χ3n) is 3.12. The first-order chi connectivity index (χ1) is 9.24. The fraction of sp³-hybridized carbons (Fsp3) is 0.333. The van der Waals surface area contributed by atoms with Crippen molar-refractivity contribution in [1.82, 2.24) is 0 Å². The standard InChI is InChI=1S/C18H20O/c1-4-5-6-7-15-11-17-10-14(2)8-9-16(17)12-18(15)13-19-3/h8-12H,4-5,13H2,1-3H3. The highest BCUT2D eigenvalue weighted by Crippen LogP contribution is 2.21. The van der Waals surface area contributed by atoms with Gasteiger partial charge in [-0.3, -0.25) is 0 Å². The maximum absolute atomic E-state index is 5.28. The van der Waals surface area contributed by atoms with E-state index >= 15 is 0 Å². The van der Waals surface area contributed by atoms with E-state index in [9.17, 15) is 0 Å². The first kappa shape index (κ1) is 13.6. The molecule has 0 saturated heterocycles. The zero-order chi connectivity index (χ0) is 13.7. The van der Waals surface area contributed by atoms with Gasteiger partial charge in [-0.2, -0.15) is 0 Å². The number of hydrogen-bond donors (Lipinski definition) is 0.